The Balaban J connectivity index is 1.22. The summed E-state index contributed by atoms with van der Waals surface area (Å²) in [5.74, 6) is 0.0308. The molecule has 0 unspecified atom stereocenters. The molecule has 202 valence electrons. The number of benzene rings is 4. The summed E-state index contributed by atoms with van der Waals surface area (Å²) < 4.78 is 30.6. The maximum Gasteiger partial charge on any atom is 0.292 e. The number of hydrogen-bond acceptors (Lipinski definition) is 6. The van der Waals surface area contributed by atoms with Gasteiger partial charge in [-0.3, -0.25) is 14.5 Å². The Morgan fingerprint density at radius 1 is 0.850 bits per heavy atom. The number of halogens is 1. The van der Waals surface area contributed by atoms with Crippen molar-refractivity contribution in [3.63, 3.8) is 0 Å². The lowest BCUT2D eigenvalue weighted by atomic mass is 10.2. The number of hydrogen-bond donors (Lipinski definition) is 2. The van der Waals surface area contributed by atoms with Gasteiger partial charge in [-0.1, -0.05) is 30.3 Å². The lowest BCUT2D eigenvalue weighted by molar-refractivity contribution is 0.0530. The van der Waals surface area contributed by atoms with Gasteiger partial charge in [-0.05, 0) is 72.8 Å². The molecule has 1 aromatic heterocycles. The Labute approximate surface area is 229 Å². The number of nitrogens with zero attached hydrogens (tertiary/aromatic N) is 1. The van der Waals surface area contributed by atoms with Crippen LogP contribution in [-0.4, -0.2) is 36.6 Å². The summed E-state index contributed by atoms with van der Waals surface area (Å²) in [5, 5.41) is 3.59. The zero-order valence-corrected chi connectivity index (χ0v) is 21.4. The molecule has 0 spiro atoms. The van der Waals surface area contributed by atoms with Crippen molar-refractivity contribution in [3.05, 3.63) is 120 Å². The molecule has 5 aromatic rings. The smallest absolute Gasteiger partial charge is 0.292 e. The van der Waals surface area contributed by atoms with Crippen LogP contribution in [0.4, 0.5) is 15.8 Å². The molecule has 0 saturated carbocycles. The van der Waals surface area contributed by atoms with Gasteiger partial charge in [0.15, 0.2) is 12.5 Å². The first-order valence-corrected chi connectivity index (χ1v) is 12.5. The molecule has 40 heavy (non-hydrogen) atoms. The average Bonchev–Trinajstić information content (AvgIpc) is 3.41. The van der Waals surface area contributed by atoms with Gasteiger partial charge in [0.2, 0.25) is 0 Å². The van der Waals surface area contributed by atoms with Crippen LogP contribution in [0.3, 0.4) is 0 Å². The predicted molar refractivity (Wildman–Crippen MR) is 150 cm³/mol. The molecule has 1 heterocycles. The van der Waals surface area contributed by atoms with Crippen molar-refractivity contribution in [2.45, 2.75) is 0 Å². The number of fused-ring (bicyclic) bond motifs is 1. The summed E-state index contributed by atoms with van der Waals surface area (Å²) in [6, 6.07) is 28.2. The summed E-state index contributed by atoms with van der Waals surface area (Å²) in [5.41, 5.74) is 7.93. The van der Waals surface area contributed by atoms with E-state index in [0.29, 0.717) is 34.0 Å². The van der Waals surface area contributed by atoms with Gasteiger partial charge in [-0.15, -0.1) is 0 Å². The molecule has 2 amide bonds. The molecule has 0 radical (unpaired) electrons. The van der Waals surface area contributed by atoms with Gasteiger partial charge in [-0.25, -0.2) is 4.39 Å². The number of carbonyl (C=O) groups is 2. The Morgan fingerprint density at radius 2 is 1.52 bits per heavy atom. The van der Waals surface area contributed by atoms with Gasteiger partial charge < -0.3 is 24.9 Å². The van der Waals surface area contributed by atoms with Crippen molar-refractivity contribution >= 4 is 34.2 Å². The van der Waals surface area contributed by atoms with Crippen LogP contribution in [0.15, 0.2) is 108 Å². The van der Waals surface area contributed by atoms with Gasteiger partial charge >= 0.3 is 0 Å². The number of nitrogen functional groups attached to an aromatic ring is 1. The fourth-order valence-corrected chi connectivity index (χ4v) is 3.93. The van der Waals surface area contributed by atoms with Crippen LogP contribution in [0.2, 0.25) is 0 Å². The molecule has 0 aliphatic carbocycles. The summed E-state index contributed by atoms with van der Waals surface area (Å²) in [6.45, 7) is 0.212. The van der Waals surface area contributed by atoms with E-state index in [1.165, 1.54) is 29.2 Å². The minimum absolute atomic E-state index is 0.105. The minimum Gasteiger partial charge on any atom is -0.492 e. The number of anilines is 2. The van der Waals surface area contributed by atoms with Crippen LogP contribution in [0.25, 0.3) is 11.0 Å². The number of ether oxygens (including phenoxy) is 2. The van der Waals surface area contributed by atoms with E-state index in [2.05, 4.69) is 5.32 Å². The zero-order valence-electron chi connectivity index (χ0n) is 21.4. The number of rotatable bonds is 10. The molecular weight excluding hydrogens is 513 g/mol. The van der Waals surface area contributed by atoms with Gasteiger partial charge in [-0.2, -0.15) is 0 Å². The fourth-order valence-electron chi connectivity index (χ4n) is 3.93. The lowest BCUT2D eigenvalue weighted by Gasteiger charge is -2.22. The van der Waals surface area contributed by atoms with Crippen LogP contribution < -0.4 is 20.5 Å². The number of nitrogens with two attached hydrogens (primary N) is 1. The van der Waals surface area contributed by atoms with Crippen LogP contribution >= 0.6 is 0 Å². The average molecular weight is 540 g/mol. The number of furan rings is 1. The van der Waals surface area contributed by atoms with Crippen molar-refractivity contribution in [1.82, 2.24) is 4.90 Å². The first-order chi connectivity index (χ1) is 19.5. The highest BCUT2D eigenvalue weighted by molar-refractivity contribution is 6.05. The second kappa shape index (κ2) is 12.0. The molecule has 5 rings (SSSR count). The predicted octanol–water partition coefficient (Wildman–Crippen LogP) is 5.96. The standard InChI is InChI=1S/C31H26FN3O5/c32-23-11-15-25(16-12-23)39-20-35(31(37)29-19-22-5-1-4-8-28(22)40-29)17-18-38-24-13-9-21(10-14-24)30(36)34-27-7-3-2-6-26(27)33/h1-16,19H,17-18,20,33H2,(H,34,36). The normalized spacial score (nSPS) is 10.7. The summed E-state index contributed by atoms with van der Waals surface area (Å²) in [6.07, 6.45) is 0. The molecule has 0 bridgehead atoms. The maximum atomic E-state index is 13.3. The summed E-state index contributed by atoms with van der Waals surface area (Å²) in [7, 11) is 0. The highest BCUT2D eigenvalue weighted by atomic mass is 19.1. The molecule has 9 heteroatoms. The number of carbonyl (C=O) groups excluding carboxylic acids is 2. The highest BCUT2D eigenvalue weighted by Gasteiger charge is 2.21. The zero-order chi connectivity index (χ0) is 27.9. The van der Waals surface area contributed by atoms with Crippen molar-refractivity contribution in [1.29, 1.82) is 0 Å². The molecule has 0 fully saturated rings. The van der Waals surface area contributed by atoms with E-state index in [0.717, 1.165) is 5.39 Å². The Hall–Kier alpha value is -5.31. The molecular formula is C31H26FN3O5. The van der Waals surface area contributed by atoms with E-state index in [1.54, 1.807) is 60.7 Å². The topological polar surface area (TPSA) is 107 Å². The van der Waals surface area contributed by atoms with Crippen molar-refractivity contribution in [2.75, 3.05) is 30.9 Å². The second-order valence-corrected chi connectivity index (χ2v) is 8.86. The van der Waals surface area contributed by atoms with Crippen LogP contribution in [0.1, 0.15) is 20.9 Å². The fraction of sp³-hybridized carbons (Fsp3) is 0.0968. The minimum atomic E-state index is -0.386. The Kier molecular flexibility index (Phi) is 7.92. The van der Waals surface area contributed by atoms with Gasteiger partial charge in [0, 0.05) is 10.9 Å². The van der Waals surface area contributed by atoms with Crippen LogP contribution in [-0.2, 0) is 0 Å². The van der Waals surface area contributed by atoms with Crippen molar-refractivity contribution in [3.8, 4) is 11.5 Å². The SMILES string of the molecule is Nc1ccccc1NC(=O)c1ccc(OCCN(COc2ccc(F)cc2)C(=O)c2cc3ccccc3o2)cc1. The van der Waals surface area contributed by atoms with Gasteiger partial charge in [0.25, 0.3) is 11.8 Å². The van der Waals surface area contributed by atoms with Crippen LogP contribution in [0, 0.1) is 5.82 Å². The van der Waals surface area contributed by atoms with E-state index in [4.69, 9.17) is 19.6 Å². The number of amides is 2. The monoisotopic (exact) mass is 539 g/mol. The number of para-hydroxylation sites is 3. The Morgan fingerprint density at radius 3 is 2.27 bits per heavy atom. The molecule has 8 nitrogen and oxygen atoms in total. The first-order valence-electron chi connectivity index (χ1n) is 12.5. The van der Waals surface area contributed by atoms with E-state index in [1.807, 2.05) is 18.2 Å². The third-order valence-corrected chi connectivity index (χ3v) is 6.08. The third kappa shape index (κ3) is 6.39. The van der Waals surface area contributed by atoms with E-state index in [9.17, 15) is 14.0 Å². The number of nitrogens with one attached hydrogen (secondary N) is 1. The van der Waals surface area contributed by atoms with E-state index >= 15 is 0 Å². The molecule has 0 aliphatic heterocycles. The molecule has 3 N–H and O–H groups in total. The highest BCUT2D eigenvalue weighted by Crippen LogP contribution is 2.22. The van der Waals surface area contributed by atoms with Crippen LogP contribution in [0.5, 0.6) is 11.5 Å². The van der Waals surface area contributed by atoms with E-state index in [-0.39, 0.29) is 43.3 Å². The summed E-state index contributed by atoms with van der Waals surface area (Å²) >= 11 is 0. The molecule has 0 aliphatic rings. The van der Waals surface area contributed by atoms with Crippen molar-refractivity contribution in [2.24, 2.45) is 0 Å². The van der Waals surface area contributed by atoms with E-state index < -0.39 is 0 Å². The molecule has 4 aromatic carbocycles. The maximum absolute atomic E-state index is 13.3. The first kappa shape index (κ1) is 26.3. The summed E-state index contributed by atoms with van der Waals surface area (Å²) in [4.78, 5) is 27.3. The quantitative estimate of drug-likeness (QED) is 0.167. The second-order valence-electron chi connectivity index (χ2n) is 8.86. The molecule has 0 saturated heterocycles. The molecule has 0 atom stereocenters. The van der Waals surface area contributed by atoms with Crippen molar-refractivity contribution < 1.29 is 27.9 Å². The Bertz CT molecular complexity index is 1580. The third-order valence-electron chi connectivity index (χ3n) is 6.08. The van der Waals surface area contributed by atoms with Gasteiger partial charge in [0.05, 0.1) is 17.9 Å². The largest absolute Gasteiger partial charge is 0.492 e. The van der Waals surface area contributed by atoms with Gasteiger partial charge in [0.1, 0.15) is 29.5 Å². The lowest BCUT2D eigenvalue weighted by Crippen LogP contribution is -2.37.